The van der Waals surface area contributed by atoms with E-state index in [1.165, 1.54) is 14.7 Å². The normalized spacial score (nSPS) is 19.3. The van der Waals surface area contributed by atoms with E-state index in [-0.39, 0.29) is 0 Å². The first-order valence-corrected chi connectivity index (χ1v) is 7.25. The van der Waals surface area contributed by atoms with Crippen molar-refractivity contribution in [3.8, 4) is 11.1 Å². The zero-order valence-electron chi connectivity index (χ0n) is 10.1. The lowest BCUT2D eigenvalue weighted by Gasteiger charge is -2.06. The number of aromatic nitrogens is 2. The molecule has 0 saturated carbocycles. The largest absolute Gasteiger partial charge is 0.381 e. The Bertz CT molecular complexity index is 532. The maximum absolute atomic E-state index is 5.39. The quantitative estimate of drug-likeness (QED) is 0.792. The highest BCUT2D eigenvalue weighted by molar-refractivity contribution is 14.1. The van der Waals surface area contributed by atoms with Crippen molar-refractivity contribution >= 4 is 22.6 Å². The number of ether oxygens (including phenoxy) is 1. The van der Waals surface area contributed by atoms with Crippen LogP contribution < -0.4 is 0 Å². The molecule has 1 saturated heterocycles. The first-order valence-electron chi connectivity index (χ1n) is 6.17. The molecule has 4 heteroatoms. The van der Waals surface area contributed by atoms with Crippen LogP contribution in [0.4, 0.5) is 0 Å². The van der Waals surface area contributed by atoms with Crippen molar-refractivity contribution < 1.29 is 4.74 Å². The number of hydrogen-bond acceptors (Lipinski definition) is 2. The van der Waals surface area contributed by atoms with E-state index < -0.39 is 0 Å². The van der Waals surface area contributed by atoms with Crippen molar-refractivity contribution in [1.29, 1.82) is 0 Å². The van der Waals surface area contributed by atoms with Gasteiger partial charge in [-0.15, -0.1) is 0 Å². The minimum Gasteiger partial charge on any atom is -0.381 e. The van der Waals surface area contributed by atoms with E-state index in [1.807, 2.05) is 10.9 Å². The molecule has 0 radical (unpaired) electrons. The van der Waals surface area contributed by atoms with Gasteiger partial charge >= 0.3 is 0 Å². The average Bonchev–Trinajstić information content (AvgIpc) is 3.01. The van der Waals surface area contributed by atoms with Gasteiger partial charge in [0.05, 0.1) is 12.8 Å². The van der Waals surface area contributed by atoms with E-state index in [2.05, 4.69) is 58.2 Å². The Hall–Kier alpha value is -0.880. The highest BCUT2D eigenvalue weighted by atomic mass is 127. The van der Waals surface area contributed by atoms with Gasteiger partial charge < -0.3 is 4.74 Å². The highest BCUT2D eigenvalue weighted by Crippen LogP contribution is 2.22. The van der Waals surface area contributed by atoms with Crippen LogP contribution in [0.2, 0.25) is 0 Å². The van der Waals surface area contributed by atoms with Crippen molar-refractivity contribution in [1.82, 2.24) is 9.78 Å². The van der Waals surface area contributed by atoms with Gasteiger partial charge in [-0.3, -0.25) is 4.68 Å². The van der Waals surface area contributed by atoms with Gasteiger partial charge in [-0.25, -0.2) is 0 Å². The van der Waals surface area contributed by atoms with Crippen molar-refractivity contribution in [3.63, 3.8) is 0 Å². The summed E-state index contributed by atoms with van der Waals surface area (Å²) in [6.45, 7) is 2.73. The van der Waals surface area contributed by atoms with Crippen LogP contribution >= 0.6 is 22.6 Å². The molecule has 3 nitrogen and oxygen atoms in total. The predicted octanol–water partition coefficient (Wildman–Crippen LogP) is 3.19. The molecule has 0 spiro atoms. The van der Waals surface area contributed by atoms with E-state index in [1.54, 1.807) is 0 Å². The SMILES string of the molecule is Ic1cccc(-c2cnn(CC3CCOC3)c2)c1. The monoisotopic (exact) mass is 354 g/mol. The molecule has 1 aliphatic rings. The van der Waals surface area contributed by atoms with Gasteiger partial charge in [-0.1, -0.05) is 12.1 Å². The smallest absolute Gasteiger partial charge is 0.0568 e. The summed E-state index contributed by atoms with van der Waals surface area (Å²) in [6, 6.07) is 8.49. The summed E-state index contributed by atoms with van der Waals surface area (Å²) in [4.78, 5) is 0. The summed E-state index contributed by atoms with van der Waals surface area (Å²) in [5, 5.41) is 4.44. The molecule has 1 atom stereocenters. The van der Waals surface area contributed by atoms with Crippen LogP contribution in [0, 0.1) is 9.49 Å². The molecule has 3 rings (SSSR count). The molecular formula is C14H15IN2O. The van der Waals surface area contributed by atoms with Crippen LogP contribution in [0.5, 0.6) is 0 Å². The lowest BCUT2D eigenvalue weighted by atomic mass is 10.1. The molecule has 94 valence electrons. The zero-order chi connectivity index (χ0) is 12.4. The van der Waals surface area contributed by atoms with E-state index in [0.29, 0.717) is 5.92 Å². The molecule has 1 aliphatic heterocycles. The number of halogens is 1. The molecule has 1 aromatic carbocycles. The van der Waals surface area contributed by atoms with E-state index in [4.69, 9.17) is 4.74 Å². The van der Waals surface area contributed by atoms with Gasteiger partial charge in [0.25, 0.3) is 0 Å². The van der Waals surface area contributed by atoms with Gasteiger partial charge in [0.1, 0.15) is 0 Å². The van der Waals surface area contributed by atoms with Crippen molar-refractivity contribution in [3.05, 3.63) is 40.2 Å². The molecule has 1 unspecified atom stereocenters. The molecular weight excluding hydrogens is 339 g/mol. The third-order valence-corrected chi connectivity index (χ3v) is 3.93. The van der Waals surface area contributed by atoms with E-state index in [9.17, 15) is 0 Å². The molecule has 2 heterocycles. The first kappa shape index (κ1) is 12.2. The first-order chi connectivity index (χ1) is 8.81. The number of nitrogens with zero attached hydrogens (tertiary/aromatic N) is 2. The van der Waals surface area contributed by atoms with Crippen LogP contribution in [0.3, 0.4) is 0 Å². The van der Waals surface area contributed by atoms with Crippen LogP contribution in [0.15, 0.2) is 36.7 Å². The summed E-state index contributed by atoms with van der Waals surface area (Å²) in [7, 11) is 0. The van der Waals surface area contributed by atoms with Gasteiger partial charge in [-0.2, -0.15) is 5.10 Å². The summed E-state index contributed by atoms with van der Waals surface area (Å²) in [5.74, 6) is 0.619. The molecule has 2 aromatic rings. The van der Waals surface area contributed by atoms with Gasteiger partial charge in [-0.05, 0) is 46.7 Å². The minimum absolute atomic E-state index is 0.619. The Morgan fingerprint density at radius 3 is 3.11 bits per heavy atom. The second-order valence-electron chi connectivity index (χ2n) is 4.69. The molecule has 0 bridgehead atoms. The number of benzene rings is 1. The number of rotatable bonds is 3. The zero-order valence-corrected chi connectivity index (χ0v) is 12.2. The Kier molecular flexibility index (Phi) is 3.65. The maximum Gasteiger partial charge on any atom is 0.0568 e. The van der Waals surface area contributed by atoms with E-state index in [0.717, 1.165) is 26.2 Å². The van der Waals surface area contributed by atoms with Gasteiger partial charge in [0.15, 0.2) is 0 Å². The topological polar surface area (TPSA) is 27.1 Å². The molecule has 0 aliphatic carbocycles. The summed E-state index contributed by atoms with van der Waals surface area (Å²) < 4.78 is 8.68. The fraction of sp³-hybridized carbons (Fsp3) is 0.357. The van der Waals surface area contributed by atoms with Crippen LogP contribution in [-0.4, -0.2) is 23.0 Å². The lowest BCUT2D eigenvalue weighted by molar-refractivity contribution is 0.181. The standard InChI is InChI=1S/C14H15IN2O/c15-14-3-1-2-12(6-14)13-7-16-17(9-13)8-11-4-5-18-10-11/h1-3,6-7,9,11H,4-5,8,10H2. The third kappa shape index (κ3) is 2.75. The predicted molar refractivity (Wildman–Crippen MR) is 79.3 cm³/mol. The lowest BCUT2D eigenvalue weighted by Crippen LogP contribution is -2.10. The molecule has 1 aromatic heterocycles. The molecule has 0 amide bonds. The molecule has 0 N–H and O–H groups in total. The fourth-order valence-corrected chi connectivity index (χ4v) is 2.82. The number of hydrogen-bond donors (Lipinski definition) is 0. The summed E-state index contributed by atoms with van der Waals surface area (Å²) in [6.07, 6.45) is 5.23. The Morgan fingerprint density at radius 1 is 1.39 bits per heavy atom. The van der Waals surface area contributed by atoms with Crippen LogP contribution in [-0.2, 0) is 11.3 Å². The summed E-state index contributed by atoms with van der Waals surface area (Å²) >= 11 is 2.34. The molecule has 18 heavy (non-hydrogen) atoms. The van der Waals surface area contributed by atoms with Crippen molar-refractivity contribution in [2.45, 2.75) is 13.0 Å². The van der Waals surface area contributed by atoms with Crippen molar-refractivity contribution in [2.75, 3.05) is 13.2 Å². The van der Waals surface area contributed by atoms with Crippen LogP contribution in [0.1, 0.15) is 6.42 Å². The third-order valence-electron chi connectivity index (χ3n) is 3.26. The minimum atomic E-state index is 0.619. The maximum atomic E-state index is 5.39. The second kappa shape index (κ2) is 5.40. The van der Waals surface area contributed by atoms with Gasteiger partial charge in [0, 0.05) is 34.4 Å². The fourth-order valence-electron chi connectivity index (χ4n) is 2.27. The highest BCUT2D eigenvalue weighted by Gasteiger charge is 2.16. The van der Waals surface area contributed by atoms with Gasteiger partial charge in [0.2, 0.25) is 0 Å². The Labute approximate surface area is 120 Å². The van der Waals surface area contributed by atoms with Crippen LogP contribution in [0.25, 0.3) is 11.1 Å². The Balaban J connectivity index is 1.76. The Morgan fingerprint density at radius 2 is 2.33 bits per heavy atom. The summed E-state index contributed by atoms with van der Waals surface area (Å²) in [5.41, 5.74) is 2.42. The average molecular weight is 354 g/mol. The van der Waals surface area contributed by atoms with Crippen molar-refractivity contribution in [2.24, 2.45) is 5.92 Å². The second-order valence-corrected chi connectivity index (χ2v) is 5.94. The van der Waals surface area contributed by atoms with E-state index >= 15 is 0 Å². The molecule has 1 fully saturated rings.